The number of hydrogen-bond acceptors (Lipinski definition) is 3. The Morgan fingerprint density at radius 2 is 1.79 bits per heavy atom. The summed E-state index contributed by atoms with van der Waals surface area (Å²) in [6.45, 7) is 1.94. The van der Waals surface area contributed by atoms with Gasteiger partial charge in [0.25, 0.3) is 0 Å². The van der Waals surface area contributed by atoms with Gasteiger partial charge in [-0.25, -0.2) is 9.37 Å². The van der Waals surface area contributed by atoms with Gasteiger partial charge in [-0.3, -0.25) is 4.98 Å². The number of nitrogen functional groups attached to an aromatic ring is 1. The summed E-state index contributed by atoms with van der Waals surface area (Å²) < 4.78 is 14.7. The molecule has 1 aliphatic carbocycles. The molecule has 0 bridgehead atoms. The molecule has 1 fully saturated rings. The van der Waals surface area contributed by atoms with E-state index >= 15 is 0 Å². The average molecular weight is 369 g/mol. The van der Waals surface area contributed by atoms with Crippen molar-refractivity contribution in [3.05, 3.63) is 77.9 Å². The van der Waals surface area contributed by atoms with Gasteiger partial charge in [0.05, 0.1) is 11.2 Å². The molecule has 0 saturated heterocycles. The lowest BCUT2D eigenvalue weighted by atomic mass is 9.95. The topological polar surface area (TPSA) is 51.8 Å². The van der Waals surface area contributed by atoms with Crippen molar-refractivity contribution < 1.29 is 4.39 Å². The minimum absolute atomic E-state index is 0.278. The Labute approximate surface area is 163 Å². The molecule has 4 heteroatoms. The van der Waals surface area contributed by atoms with Crippen LogP contribution >= 0.6 is 0 Å². The monoisotopic (exact) mass is 369 g/mol. The first-order valence-corrected chi connectivity index (χ1v) is 9.53. The Morgan fingerprint density at radius 1 is 0.964 bits per heavy atom. The second kappa shape index (κ2) is 6.41. The van der Waals surface area contributed by atoms with Crippen LogP contribution in [-0.2, 0) is 0 Å². The summed E-state index contributed by atoms with van der Waals surface area (Å²) in [6.07, 6.45) is 4.19. The minimum Gasteiger partial charge on any atom is -0.398 e. The summed E-state index contributed by atoms with van der Waals surface area (Å²) in [5, 5.41) is 0.915. The van der Waals surface area contributed by atoms with E-state index < -0.39 is 0 Å². The number of pyridine rings is 2. The molecule has 0 unspecified atom stereocenters. The lowest BCUT2D eigenvalue weighted by molar-refractivity contribution is 0.631. The molecule has 2 heterocycles. The number of aromatic nitrogens is 2. The van der Waals surface area contributed by atoms with Crippen LogP contribution in [-0.4, -0.2) is 9.97 Å². The number of nitrogens with two attached hydrogens (primary N) is 1. The van der Waals surface area contributed by atoms with Gasteiger partial charge in [0.1, 0.15) is 5.82 Å². The van der Waals surface area contributed by atoms with Gasteiger partial charge < -0.3 is 5.73 Å². The Bertz CT molecular complexity index is 1210. The molecular formula is C24H20FN3. The van der Waals surface area contributed by atoms with Crippen LogP contribution in [0.2, 0.25) is 0 Å². The molecule has 28 heavy (non-hydrogen) atoms. The molecule has 138 valence electrons. The van der Waals surface area contributed by atoms with Gasteiger partial charge in [-0.15, -0.1) is 0 Å². The second-order valence-corrected chi connectivity index (χ2v) is 7.45. The number of hydrogen-bond donors (Lipinski definition) is 1. The number of nitrogens with zero attached hydrogens (tertiary/aromatic N) is 2. The van der Waals surface area contributed by atoms with Crippen LogP contribution in [0.4, 0.5) is 10.1 Å². The summed E-state index contributed by atoms with van der Waals surface area (Å²) in [7, 11) is 0. The molecule has 0 aliphatic heterocycles. The first kappa shape index (κ1) is 16.9. The third-order valence-corrected chi connectivity index (χ3v) is 5.49. The maximum Gasteiger partial charge on any atom is 0.131 e. The first-order valence-electron chi connectivity index (χ1n) is 9.53. The molecular weight excluding hydrogens is 349 g/mol. The van der Waals surface area contributed by atoms with Crippen LogP contribution in [0.25, 0.3) is 33.3 Å². The highest BCUT2D eigenvalue weighted by molar-refractivity contribution is 5.94. The Kier molecular flexibility index (Phi) is 3.86. The van der Waals surface area contributed by atoms with E-state index in [0.717, 1.165) is 27.7 Å². The predicted octanol–water partition coefficient (Wildman–Crippen LogP) is 5.87. The van der Waals surface area contributed by atoms with Crippen molar-refractivity contribution in [3.8, 4) is 22.4 Å². The molecule has 3 nitrogen and oxygen atoms in total. The zero-order chi connectivity index (χ0) is 19.3. The zero-order valence-corrected chi connectivity index (χ0v) is 15.6. The van der Waals surface area contributed by atoms with Crippen LogP contribution < -0.4 is 5.73 Å². The van der Waals surface area contributed by atoms with E-state index in [1.165, 1.54) is 24.5 Å². The first-order chi connectivity index (χ1) is 13.6. The maximum absolute atomic E-state index is 14.7. The summed E-state index contributed by atoms with van der Waals surface area (Å²) in [6, 6.07) is 16.8. The van der Waals surface area contributed by atoms with Crippen molar-refractivity contribution in [1.82, 2.24) is 9.97 Å². The van der Waals surface area contributed by atoms with Crippen LogP contribution in [0.1, 0.15) is 30.0 Å². The quantitative estimate of drug-likeness (QED) is 0.459. The van der Waals surface area contributed by atoms with E-state index in [0.29, 0.717) is 22.9 Å². The van der Waals surface area contributed by atoms with E-state index in [1.54, 1.807) is 18.3 Å². The number of anilines is 1. The smallest absolute Gasteiger partial charge is 0.131 e. The minimum atomic E-state index is -0.278. The van der Waals surface area contributed by atoms with Crippen molar-refractivity contribution in [3.63, 3.8) is 0 Å². The lowest BCUT2D eigenvalue weighted by Crippen LogP contribution is -1.99. The van der Waals surface area contributed by atoms with Crippen molar-refractivity contribution in [2.24, 2.45) is 0 Å². The van der Waals surface area contributed by atoms with Gasteiger partial charge in [-0.05, 0) is 55.5 Å². The SMILES string of the molecule is Cc1nccc2nc(-c3ccc(C4CC4)cc3N)c(-c3ccccc3F)cc12. The molecule has 0 atom stereocenters. The number of rotatable bonds is 3. The Hall–Kier alpha value is -3.27. The third-order valence-electron chi connectivity index (χ3n) is 5.49. The maximum atomic E-state index is 14.7. The molecule has 0 spiro atoms. The van der Waals surface area contributed by atoms with Gasteiger partial charge in [-0.2, -0.15) is 0 Å². The predicted molar refractivity (Wildman–Crippen MR) is 111 cm³/mol. The van der Waals surface area contributed by atoms with Crippen molar-refractivity contribution in [1.29, 1.82) is 0 Å². The molecule has 2 N–H and O–H groups in total. The van der Waals surface area contributed by atoms with Crippen molar-refractivity contribution in [2.45, 2.75) is 25.7 Å². The van der Waals surface area contributed by atoms with Crippen molar-refractivity contribution >= 4 is 16.6 Å². The van der Waals surface area contributed by atoms with E-state index in [4.69, 9.17) is 10.7 Å². The molecule has 1 aliphatic rings. The number of aryl methyl sites for hydroxylation is 1. The highest BCUT2D eigenvalue weighted by atomic mass is 19.1. The molecule has 5 rings (SSSR count). The van der Waals surface area contributed by atoms with Crippen LogP contribution in [0, 0.1) is 12.7 Å². The van der Waals surface area contributed by atoms with Gasteiger partial charge in [0.2, 0.25) is 0 Å². The zero-order valence-electron chi connectivity index (χ0n) is 15.6. The Morgan fingerprint density at radius 3 is 2.54 bits per heavy atom. The summed E-state index contributed by atoms with van der Waals surface area (Å²) in [5.41, 5.74) is 12.9. The van der Waals surface area contributed by atoms with Crippen LogP contribution in [0.3, 0.4) is 0 Å². The molecule has 0 amide bonds. The fraction of sp³-hybridized carbons (Fsp3) is 0.167. The van der Waals surface area contributed by atoms with E-state index in [1.807, 2.05) is 37.3 Å². The van der Waals surface area contributed by atoms with Gasteiger partial charge in [0.15, 0.2) is 0 Å². The highest BCUT2D eigenvalue weighted by Crippen LogP contribution is 2.43. The van der Waals surface area contributed by atoms with Gasteiger partial charge in [0, 0.05) is 39.7 Å². The average Bonchev–Trinajstić information content (AvgIpc) is 3.53. The largest absolute Gasteiger partial charge is 0.398 e. The lowest BCUT2D eigenvalue weighted by Gasteiger charge is -2.15. The molecule has 2 aromatic carbocycles. The van der Waals surface area contributed by atoms with Gasteiger partial charge >= 0.3 is 0 Å². The van der Waals surface area contributed by atoms with Crippen molar-refractivity contribution in [2.75, 3.05) is 5.73 Å². The molecule has 4 aromatic rings. The summed E-state index contributed by atoms with van der Waals surface area (Å²) in [5.74, 6) is 0.347. The van der Waals surface area contributed by atoms with E-state index in [9.17, 15) is 4.39 Å². The highest BCUT2D eigenvalue weighted by Gasteiger charge is 2.24. The van der Waals surface area contributed by atoms with E-state index in [2.05, 4.69) is 11.1 Å². The van der Waals surface area contributed by atoms with E-state index in [-0.39, 0.29) is 5.82 Å². The standard InChI is InChI=1S/C24H20FN3/c1-14-19-13-20(17-4-2-3-5-21(17)25)24(28-23(19)10-11-27-14)18-9-8-16(12-22(18)26)15-6-7-15/h2-5,8-13,15H,6-7,26H2,1H3. The fourth-order valence-corrected chi connectivity index (χ4v) is 3.79. The summed E-state index contributed by atoms with van der Waals surface area (Å²) >= 11 is 0. The third kappa shape index (κ3) is 2.82. The number of halogens is 1. The van der Waals surface area contributed by atoms with Gasteiger partial charge in [-0.1, -0.05) is 30.3 Å². The Balaban J connectivity index is 1.80. The number of benzene rings is 2. The molecule has 0 radical (unpaired) electrons. The van der Waals surface area contributed by atoms with Crippen LogP contribution in [0.15, 0.2) is 60.8 Å². The fourth-order valence-electron chi connectivity index (χ4n) is 3.79. The summed E-state index contributed by atoms with van der Waals surface area (Å²) in [4.78, 5) is 9.25. The van der Waals surface area contributed by atoms with Crippen LogP contribution in [0.5, 0.6) is 0 Å². The molecule has 2 aromatic heterocycles. The molecule has 1 saturated carbocycles. The normalized spacial score (nSPS) is 13.8. The number of fused-ring (bicyclic) bond motifs is 1. The second-order valence-electron chi connectivity index (χ2n) is 7.45.